The summed E-state index contributed by atoms with van der Waals surface area (Å²) in [7, 11) is 0. The van der Waals surface area contributed by atoms with E-state index < -0.39 is 6.10 Å². The Morgan fingerprint density at radius 2 is 1.80 bits per heavy atom. The van der Waals surface area contributed by atoms with Gasteiger partial charge >= 0.3 is 0 Å². The highest BCUT2D eigenvalue weighted by atomic mass is 127. The molecule has 0 radical (unpaired) electrons. The summed E-state index contributed by atoms with van der Waals surface area (Å²) in [6.45, 7) is 4.79. The lowest BCUT2D eigenvalue weighted by molar-refractivity contribution is 0.209. The molecule has 2 nitrogen and oxygen atoms in total. The van der Waals surface area contributed by atoms with Crippen LogP contribution in [0.4, 0.5) is 0 Å². The Morgan fingerprint density at radius 3 is 2.55 bits per heavy atom. The van der Waals surface area contributed by atoms with Gasteiger partial charge in [-0.15, -0.1) is 0 Å². The van der Waals surface area contributed by atoms with Gasteiger partial charge in [-0.05, 0) is 53.1 Å². The van der Waals surface area contributed by atoms with Crippen molar-refractivity contribution in [2.75, 3.05) is 6.61 Å². The molecular weight excluding hydrogens is 363 g/mol. The highest BCUT2D eigenvalue weighted by Crippen LogP contribution is 2.33. The van der Waals surface area contributed by atoms with Crippen LogP contribution in [0.15, 0.2) is 42.5 Å². The molecule has 2 aromatic rings. The van der Waals surface area contributed by atoms with Crippen LogP contribution in [0.2, 0.25) is 0 Å². The first kappa shape index (κ1) is 15.3. The normalized spacial score (nSPS) is 12.2. The van der Waals surface area contributed by atoms with Crippen LogP contribution in [0.3, 0.4) is 0 Å². The fourth-order valence-electron chi connectivity index (χ4n) is 2.10. The molecule has 0 fully saturated rings. The first-order valence-electron chi connectivity index (χ1n) is 6.80. The molecule has 1 atom stereocenters. The van der Waals surface area contributed by atoms with Crippen LogP contribution in [-0.2, 0) is 0 Å². The van der Waals surface area contributed by atoms with Gasteiger partial charge in [0.25, 0.3) is 0 Å². The van der Waals surface area contributed by atoms with Gasteiger partial charge < -0.3 is 9.84 Å². The van der Waals surface area contributed by atoms with Crippen LogP contribution in [0.1, 0.15) is 36.1 Å². The summed E-state index contributed by atoms with van der Waals surface area (Å²) < 4.78 is 6.84. The lowest BCUT2D eigenvalue weighted by Gasteiger charge is -2.18. The van der Waals surface area contributed by atoms with Crippen LogP contribution in [-0.4, -0.2) is 11.7 Å². The Hall–Kier alpha value is -1.07. The molecule has 0 aliphatic rings. The van der Waals surface area contributed by atoms with Crippen LogP contribution in [0.25, 0.3) is 0 Å². The number of rotatable bonds is 5. The predicted molar refractivity (Wildman–Crippen MR) is 90.2 cm³/mol. The summed E-state index contributed by atoms with van der Waals surface area (Å²) in [5.74, 6) is 0.763. The smallest absolute Gasteiger partial charge is 0.125 e. The largest absolute Gasteiger partial charge is 0.493 e. The first-order valence-corrected chi connectivity index (χ1v) is 7.87. The average Bonchev–Trinajstić information content (AvgIpc) is 2.47. The first-order chi connectivity index (χ1) is 9.65. The highest BCUT2D eigenvalue weighted by molar-refractivity contribution is 14.1. The second kappa shape index (κ2) is 7.09. The van der Waals surface area contributed by atoms with E-state index in [4.69, 9.17) is 4.74 Å². The zero-order valence-electron chi connectivity index (χ0n) is 11.8. The summed E-state index contributed by atoms with van der Waals surface area (Å²) in [6, 6.07) is 13.7. The number of hydrogen-bond donors (Lipinski definition) is 1. The molecule has 1 unspecified atom stereocenters. The summed E-state index contributed by atoms with van der Waals surface area (Å²) in [4.78, 5) is 0. The Balaban J connectivity index is 2.38. The van der Waals surface area contributed by atoms with Crippen molar-refractivity contribution in [3.8, 4) is 5.75 Å². The third-order valence-corrected chi connectivity index (χ3v) is 4.67. The minimum Gasteiger partial charge on any atom is -0.493 e. The van der Waals surface area contributed by atoms with E-state index in [1.54, 1.807) is 0 Å². The summed E-state index contributed by atoms with van der Waals surface area (Å²) >= 11 is 2.29. The third-order valence-electron chi connectivity index (χ3n) is 3.19. The Kier molecular flexibility index (Phi) is 5.43. The molecular formula is C17H19IO2. The maximum Gasteiger partial charge on any atom is 0.125 e. The van der Waals surface area contributed by atoms with Crippen molar-refractivity contribution in [3.63, 3.8) is 0 Å². The fourth-order valence-corrected chi connectivity index (χ4v) is 2.75. The van der Waals surface area contributed by atoms with Crippen molar-refractivity contribution in [2.24, 2.45) is 0 Å². The molecule has 0 amide bonds. The zero-order chi connectivity index (χ0) is 14.5. The van der Waals surface area contributed by atoms with Gasteiger partial charge in [-0.2, -0.15) is 0 Å². The number of aryl methyl sites for hydroxylation is 1. The monoisotopic (exact) mass is 382 g/mol. The molecule has 0 heterocycles. The molecule has 0 bridgehead atoms. The summed E-state index contributed by atoms with van der Waals surface area (Å²) in [5.41, 5.74) is 2.93. The number of ether oxygens (including phenoxy) is 1. The van der Waals surface area contributed by atoms with Gasteiger partial charge in [0.15, 0.2) is 0 Å². The van der Waals surface area contributed by atoms with Crippen molar-refractivity contribution < 1.29 is 9.84 Å². The van der Waals surface area contributed by atoms with Gasteiger partial charge in [0.2, 0.25) is 0 Å². The van der Waals surface area contributed by atoms with Gasteiger partial charge in [-0.1, -0.05) is 43.3 Å². The number of hydrogen-bond acceptors (Lipinski definition) is 2. The number of aliphatic hydroxyl groups excluding tert-OH is 1. The average molecular weight is 382 g/mol. The summed E-state index contributed by atoms with van der Waals surface area (Å²) in [5, 5.41) is 10.7. The van der Waals surface area contributed by atoms with E-state index in [0.717, 1.165) is 26.9 Å². The number of benzene rings is 2. The number of halogens is 1. The second-order valence-electron chi connectivity index (χ2n) is 4.77. The molecule has 1 N–H and O–H groups in total. The van der Waals surface area contributed by atoms with E-state index in [9.17, 15) is 5.11 Å². The van der Waals surface area contributed by atoms with E-state index >= 15 is 0 Å². The minimum atomic E-state index is -0.658. The fraction of sp³-hybridized carbons (Fsp3) is 0.294. The van der Waals surface area contributed by atoms with E-state index in [1.165, 1.54) is 5.56 Å². The lowest BCUT2D eigenvalue weighted by Crippen LogP contribution is -2.06. The van der Waals surface area contributed by atoms with Gasteiger partial charge in [-0.3, -0.25) is 0 Å². The van der Waals surface area contributed by atoms with Gasteiger partial charge in [0.1, 0.15) is 11.9 Å². The zero-order valence-corrected chi connectivity index (χ0v) is 13.9. The van der Waals surface area contributed by atoms with E-state index in [2.05, 4.69) is 42.5 Å². The SMILES string of the molecule is CCCOc1ccccc1C(O)c1cccc(C)c1I. The molecule has 0 aliphatic carbocycles. The Bertz CT molecular complexity index is 581. The maximum absolute atomic E-state index is 10.7. The molecule has 3 heteroatoms. The molecule has 0 saturated carbocycles. The van der Waals surface area contributed by atoms with E-state index in [-0.39, 0.29) is 0 Å². The van der Waals surface area contributed by atoms with Crippen molar-refractivity contribution in [2.45, 2.75) is 26.4 Å². The lowest BCUT2D eigenvalue weighted by atomic mass is 9.99. The molecule has 2 aromatic carbocycles. The van der Waals surface area contributed by atoms with Crippen LogP contribution in [0, 0.1) is 10.5 Å². The van der Waals surface area contributed by atoms with E-state index in [1.807, 2.05) is 36.4 Å². The summed E-state index contributed by atoms with van der Waals surface area (Å²) in [6.07, 6.45) is 0.293. The second-order valence-corrected chi connectivity index (χ2v) is 5.85. The van der Waals surface area contributed by atoms with Crippen molar-refractivity contribution in [1.29, 1.82) is 0 Å². The van der Waals surface area contributed by atoms with Crippen LogP contribution in [0.5, 0.6) is 5.75 Å². The number of aliphatic hydroxyl groups is 1. The molecule has 0 aromatic heterocycles. The quantitative estimate of drug-likeness (QED) is 0.774. The highest BCUT2D eigenvalue weighted by Gasteiger charge is 2.18. The molecule has 20 heavy (non-hydrogen) atoms. The predicted octanol–water partition coefficient (Wildman–Crippen LogP) is 4.47. The van der Waals surface area contributed by atoms with Gasteiger partial charge in [0, 0.05) is 9.13 Å². The van der Waals surface area contributed by atoms with Crippen molar-refractivity contribution >= 4 is 22.6 Å². The van der Waals surface area contributed by atoms with Crippen LogP contribution < -0.4 is 4.74 Å². The third kappa shape index (κ3) is 3.33. The molecule has 0 aliphatic heterocycles. The van der Waals surface area contributed by atoms with Crippen LogP contribution >= 0.6 is 22.6 Å². The van der Waals surface area contributed by atoms with E-state index in [0.29, 0.717) is 6.61 Å². The Labute approximate surface area is 133 Å². The molecule has 106 valence electrons. The van der Waals surface area contributed by atoms with Gasteiger partial charge in [-0.25, -0.2) is 0 Å². The van der Waals surface area contributed by atoms with Gasteiger partial charge in [0.05, 0.1) is 6.61 Å². The molecule has 0 spiro atoms. The Morgan fingerprint density at radius 1 is 1.10 bits per heavy atom. The van der Waals surface area contributed by atoms with Crippen molar-refractivity contribution in [1.82, 2.24) is 0 Å². The maximum atomic E-state index is 10.7. The van der Waals surface area contributed by atoms with Crippen molar-refractivity contribution in [3.05, 3.63) is 62.7 Å². The standard InChI is InChI=1S/C17H19IO2/c1-3-11-20-15-10-5-4-8-13(15)17(19)14-9-6-7-12(2)16(14)18/h4-10,17,19H,3,11H2,1-2H3. The molecule has 2 rings (SSSR count). The molecule has 0 saturated heterocycles. The minimum absolute atomic E-state index is 0.658. The number of para-hydroxylation sites is 1. The topological polar surface area (TPSA) is 29.5 Å².